The summed E-state index contributed by atoms with van der Waals surface area (Å²) in [5, 5.41) is 2.86. The fourth-order valence-corrected chi connectivity index (χ4v) is 1.03. The smallest absolute Gasteiger partial charge is 0.267 e. The van der Waals surface area contributed by atoms with Gasteiger partial charge in [0.2, 0.25) is 0 Å². The van der Waals surface area contributed by atoms with Crippen LogP contribution in [0.15, 0.2) is 12.3 Å². The lowest BCUT2D eigenvalue weighted by Crippen LogP contribution is -2.25. The summed E-state index contributed by atoms with van der Waals surface area (Å²) < 4.78 is 0. The predicted molar refractivity (Wildman–Crippen MR) is 45.7 cm³/mol. The van der Waals surface area contributed by atoms with Gasteiger partial charge in [0.1, 0.15) is 5.69 Å². The van der Waals surface area contributed by atoms with Crippen LogP contribution in [0.1, 0.15) is 23.3 Å². The third-order valence-electron chi connectivity index (χ3n) is 1.86. The van der Waals surface area contributed by atoms with Crippen LogP contribution in [0.3, 0.4) is 0 Å². The molecule has 4 N–H and O–H groups in total. The number of hydrogen-bond donors (Lipinski definition) is 3. The molecule has 0 saturated heterocycles. The van der Waals surface area contributed by atoms with Gasteiger partial charge in [0.15, 0.2) is 0 Å². The summed E-state index contributed by atoms with van der Waals surface area (Å²) in [6.07, 6.45) is 3.81. The predicted octanol–water partition coefficient (Wildman–Crippen LogP) is 0.489. The third kappa shape index (κ3) is 1.42. The Labute approximate surface area is 70.1 Å². The molecule has 1 saturated carbocycles. The van der Waals surface area contributed by atoms with E-state index in [4.69, 9.17) is 5.73 Å². The molecule has 0 radical (unpaired) electrons. The zero-order valence-corrected chi connectivity index (χ0v) is 6.63. The van der Waals surface area contributed by atoms with Crippen molar-refractivity contribution in [3.63, 3.8) is 0 Å². The van der Waals surface area contributed by atoms with E-state index < -0.39 is 0 Å². The van der Waals surface area contributed by atoms with Crippen LogP contribution in [0.4, 0.5) is 5.69 Å². The SMILES string of the molecule is Nc1c[nH]c(C(=O)NC2CC2)c1. The second kappa shape index (κ2) is 2.55. The van der Waals surface area contributed by atoms with Gasteiger partial charge in [0.05, 0.1) is 0 Å². The van der Waals surface area contributed by atoms with E-state index in [0.29, 0.717) is 17.4 Å². The van der Waals surface area contributed by atoms with Gasteiger partial charge < -0.3 is 16.0 Å². The maximum atomic E-state index is 11.3. The molecule has 1 heterocycles. The van der Waals surface area contributed by atoms with Gasteiger partial charge in [-0.15, -0.1) is 0 Å². The number of hydrogen-bond acceptors (Lipinski definition) is 2. The van der Waals surface area contributed by atoms with Crippen molar-refractivity contribution in [2.45, 2.75) is 18.9 Å². The summed E-state index contributed by atoms with van der Waals surface area (Å²) in [6, 6.07) is 2.03. The van der Waals surface area contributed by atoms with Crippen molar-refractivity contribution in [2.24, 2.45) is 0 Å². The highest BCUT2D eigenvalue weighted by Crippen LogP contribution is 2.19. The first-order chi connectivity index (χ1) is 5.75. The monoisotopic (exact) mass is 165 g/mol. The summed E-state index contributed by atoms with van der Waals surface area (Å²) in [4.78, 5) is 14.1. The minimum absolute atomic E-state index is 0.0609. The molecule has 12 heavy (non-hydrogen) atoms. The molecule has 1 aromatic rings. The standard InChI is InChI=1S/C8H11N3O/c9-5-3-7(10-4-5)8(12)11-6-1-2-6/h3-4,6,10H,1-2,9H2,(H,11,12). The zero-order valence-electron chi connectivity index (χ0n) is 6.63. The van der Waals surface area contributed by atoms with Gasteiger partial charge in [0, 0.05) is 17.9 Å². The molecule has 64 valence electrons. The molecule has 4 nitrogen and oxygen atoms in total. The first-order valence-electron chi connectivity index (χ1n) is 4.00. The van der Waals surface area contributed by atoms with Crippen molar-refractivity contribution in [2.75, 3.05) is 5.73 Å². The molecule has 1 aromatic heterocycles. The van der Waals surface area contributed by atoms with Crippen LogP contribution in [0.2, 0.25) is 0 Å². The van der Waals surface area contributed by atoms with Crippen LogP contribution >= 0.6 is 0 Å². The summed E-state index contributed by atoms with van der Waals surface area (Å²) >= 11 is 0. The van der Waals surface area contributed by atoms with Gasteiger partial charge >= 0.3 is 0 Å². The fraction of sp³-hybridized carbons (Fsp3) is 0.375. The number of aromatic amines is 1. The molecular weight excluding hydrogens is 154 g/mol. The van der Waals surface area contributed by atoms with E-state index in [1.807, 2.05) is 0 Å². The lowest BCUT2D eigenvalue weighted by Gasteiger charge is -1.98. The van der Waals surface area contributed by atoms with E-state index in [1.54, 1.807) is 12.3 Å². The third-order valence-corrected chi connectivity index (χ3v) is 1.86. The van der Waals surface area contributed by atoms with Crippen molar-refractivity contribution in [1.82, 2.24) is 10.3 Å². The number of rotatable bonds is 2. The normalized spacial score (nSPS) is 16.0. The first-order valence-corrected chi connectivity index (χ1v) is 4.00. The van der Waals surface area contributed by atoms with Crippen LogP contribution in [-0.4, -0.2) is 16.9 Å². The number of amides is 1. The fourth-order valence-electron chi connectivity index (χ4n) is 1.03. The highest BCUT2D eigenvalue weighted by atomic mass is 16.2. The van der Waals surface area contributed by atoms with E-state index in [1.165, 1.54) is 0 Å². The van der Waals surface area contributed by atoms with Crippen molar-refractivity contribution in [3.05, 3.63) is 18.0 Å². The lowest BCUT2D eigenvalue weighted by molar-refractivity contribution is 0.0946. The topological polar surface area (TPSA) is 70.9 Å². The van der Waals surface area contributed by atoms with Gasteiger partial charge in [-0.2, -0.15) is 0 Å². The number of H-pyrrole nitrogens is 1. The quantitative estimate of drug-likeness (QED) is 0.596. The Hall–Kier alpha value is -1.45. The van der Waals surface area contributed by atoms with E-state index in [2.05, 4.69) is 10.3 Å². The van der Waals surface area contributed by atoms with Crippen molar-refractivity contribution in [1.29, 1.82) is 0 Å². The number of anilines is 1. The van der Waals surface area contributed by atoms with E-state index in [9.17, 15) is 4.79 Å². The van der Waals surface area contributed by atoms with Crippen LogP contribution < -0.4 is 11.1 Å². The number of carbonyl (C=O) groups excluding carboxylic acids is 1. The average molecular weight is 165 g/mol. The summed E-state index contributed by atoms with van der Waals surface area (Å²) in [5.74, 6) is -0.0609. The van der Waals surface area contributed by atoms with Crippen LogP contribution in [0, 0.1) is 0 Å². The molecule has 0 atom stereocenters. The zero-order chi connectivity index (χ0) is 8.55. The Bertz CT molecular complexity index is 301. The Morgan fingerprint density at radius 1 is 1.67 bits per heavy atom. The van der Waals surface area contributed by atoms with Crippen molar-refractivity contribution in [3.8, 4) is 0 Å². The van der Waals surface area contributed by atoms with Crippen LogP contribution in [0.25, 0.3) is 0 Å². The molecule has 1 amide bonds. The molecule has 1 fully saturated rings. The Morgan fingerprint density at radius 2 is 2.42 bits per heavy atom. The highest BCUT2D eigenvalue weighted by Gasteiger charge is 2.24. The molecule has 0 spiro atoms. The second-order valence-corrected chi connectivity index (χ2v) is 3.09. The number of carbonyl (C=O) groups is 1. The molecule has 2 rings (SSSR count). The summed E-state index contributed by atoms with van der Waals surface area (Å²) in [7, 11) is 0. The number of nitrogen functional groups attached to an aromatic ring is 1. The average Bonchev–Trinajstić information content (AvgIpc) is 2.72. The minimum atomic E-state index is -0.0609. The highest BCUT2D eigenvalue weighted by molar-refractivity contribution is 5.93. The van der Waals surface area contributed by atoms with Gasteiger partial charge in [-0.1, -0.05) is 0 Å². The van der Waals surface area contributed by atoms with Crippen LogP contribution in [-0.2, 0) is 0 Å². The van der Waals surface area contributed by atoms with Crippen LogP contribution in [0.5, 0.6) is 0 Å². The molecular formula is C8H11N3O. The Morgan fingerprint density at radius 3 is 2.92 bits per heavy atom. The van der Waals surface area contributed by atoms with Crippen molar-refractivity contribution >= 4 is 11.6 Å². The molecule has 0 bridgehead atoms. The molecule has 0 aliphatic heterocycles. The Balaban J connectivity index is 2.03. The largest absolute Gasteiger partial charge is 0.397 e. The lowest BCUT2D eigenvalue weighted by atomic mass is 10.4. The van der Waals surface area contributed by atoms with E-state index in [0.717, 1.165) is 12.8 Å². The number of nitrogens with one attached hydrogen (secondary N) is 2. The molecule has 1 aliphatic carbocycles. The van der Waals surface area contributed by atoms with E-state index in [-0.39, 0.29) is 5.91 Å². The first kappa shape index (κ1) is 7.21. The maximum Gasteiger partial charge on any atom is 0.267 e. The Kier molecular flexibility index (Phi) is 1.53. The minimum Gasteiger partial charge on any atom is -0.397 e. The second-order valence-electron chi connectivity index (χ2n) is 3.09. The molecule has 4 heteroatoms. The summed E-state index contributed by atoms with van der Waals surface area (Å²) in [5.41, 5.74) is 6.59. The molecule has 1 aliphatic rings. The maximum absolute atomic E-state index is 11.3. The molecule has 0 unspecified atom stereocenters. The van der Waals surface area contributed by atoms with Gasteiger partial charge in [-0.25, -0.2) is 0 Å². The summed E-state index contributed by atoms with van der Waals surface area (Å²) in [6.45, 7) is 0. The van der Waals surface area contributed by atoms with E-state index >= 15 is 0 Å². The van der Waals surface area contributed by atoms with Crippen molar-refractivity contribution < 1.29 is 4.79 Å². The van der Waals surface area contributed by atoms with Gasteiger partial charge in [0.25, 0.3) is 5.91 Å². The van der Waals surface area contributed by atoms with Gasteiger partial charge in [-0.3, -0.25) is 4.79 Å². The number of nitrogens with two attached hydrogens (primary N) is 1. The number of aromatic nitrogens is 1. The van der Waals surface area contributed by atoms with Gasteiger partial charge in [-0.05, 0) is 18.9 Å². The molecule has 0 aromatic carbocycles.